The lowest BCUT2D eigenvalue weighted by Gasteiger charge is -2.17. The van der Waals surface area contributed by atoms with Crippen molar-refractivity contribution in [2.75, 3.05) is 0 Å². The molecule has 2 unspecified atom stereocenters. The monoisotopic (exact) mass is 160 g/mol. The third-order valence-corrected chi connectivity index (χ3v) is 4.92. The van der Waals surface area contributed by atoms with Crippen LogP contribution in [0.25, 0.3) is 0 Å². The lowest BCUT2D eigenvalue weighted by molar-refractivity contribution is 0.505. The average molecular weight is 160 g/mol. The SMILES string of the molecule is SSC12CCCCC1C2. The summed E-state index contributed by atoms with van der Waals surface area (Å²) >= 11 is 4.31. The van der Waals surface area contributed by atoms with E-state index >= 15 is 0 Å². The maximum atomic E-state index is 4.31. The summed E-state index contributed by atoms with van der Waals surface area (Å²) in [4.78, 5) is 0. The molecule has 2 atom stereocenters. The van der Waals surface area contributed by atoms with Crippen LogP contribution in [0.5, 0.6) is 0 Å². The Hall–Kier alpha value is 0.700. The van der Waals surface area contributed by atoms with Gasteiger partial charge in [-0.05, 0) is 25.2 Å². The van der Waals surface area contributed by atoms with Crippen LogP contribution in [-0.2, 0) is 0 Å². The summed E-state index contributed by atoms with van der Waals surface area (Å²) in [5.41, 5.74) is 0. The van der Waals surface area contributed by atoms with E-state index in [1.807, 2.05) is 10.8 Å². The van der Waals surface area contributed by atoms with Gasteiger partial charge in [0.1, 0.15) is 0 Å². The molecule has 0 nitrogen and oxygen atoms in total. The molecule has 2 aliphatic rings. The number of rotatable bonds is 1. The van der Waals surface area contributed by atoms with Crippen LogP contribution in [0, 0.1) is 5.92 Å². The Morgan fingerprint density at radius 2 is 2.33 bits per heavy atom. The first-order chi connectivity index (χ1) is 4.37. The third-order valence-electron chi connectivity index (χ3n) is 2.76. The molecule has 52 valence electrons. The molecule has 0 heterocycles. The summed E-state index contributed by atoms with van der Waals surface area (Å²) in [6, 6.07) is 0. The Labute approximate surface area is 65.6 Å². The lowest BCUT2D eigenvalue weighted by atomic mass is 10.0. The molecular weight excluding hydrogens is 148 g/mol. The van der Waals surface area contributed by atoms with Gasteiger partial charge >= 0.3 is 0 Å². The Morgan fingerprint density at radius 1 is 1.44 bits per heavy atom. The Kier molecular flexibility index (Phi) is 1.49. The molecule has 0 bridgehead atoms. The first-order valence-electron chi connectivity index (χ1n) is 3.70. The predicted octanol–water partition coefficient (Wildman–Crippen LogP) is 2.90. The number of fused-ring (bicyclic) bond motifs is 1. The van der Waals surface area contributed by atoms with Gasteiger partial charge in [0.25, 0.3) is 0 Å². The van der Waals surface area contributed by atoms with E-state index in [-0.39, 0.29) is 0 Å². The fraction of sp³-hybridized carbons (Fsp3) is 1.00. The minimum Gasteiger partial charge on any atom is -0.111 e. The van der Waals surface area contributed by atoms with E-state index in [4.69, 9.17) is 0 Å². The van der Waals surface area contributed by atoms with E-state index < -0.39 is 0 Å². The normalized spacial score (nSPS) is 48.3. The number of hydrogen-bond acceptors (Lipinski definition) is 2. The molecule has 0 aromatic heterocycles. The van der Waals surface area contributed by atoms with Crippen molar-refractivity contribution < 1.29 is 0 Å². The smallest absolute Gasteiger partial charge is 0.0293 e. The minimum absolute atomic E-state index is 0.668. The van der Waals surface area contributed by atoms with E-state index in [1.54, 1.807) is 0 Å². The molecule has 0 N–H and O–H groups in total. The maximum Gasteiger partial charge on any atom is 0.0293 e. The molecule has 2 aliphatic carbocycles. The Balaban J connectivity index is 2.01. The molecule has 0 spiro atoms. The second-order valence-corrected chi connectivity index (χ2v) is 4.85. The second kappa shape index (κ2) is 2.09. The van der Waals surface area contributed by atoms with E-state index in [0.717, 1.165) is 5.92 Å². The van der Waals surface area contributed by atoms with Crippen LogP contribution in [-0.4, -0.2) is 4.75 Å². The van der Waals surface area contributed by atoms with Gasteiger partial charge in [-0.3, -0.25) is 0 Å². The topological polar surface area (TPSA) is 0 Å². The van der Waals surface area contributed by atoms with Gasteiger partial charge in [-0.15, -0.1) is 11.7 Å². The van der Waals surface area contributed by atoms with Crippen molar-refractivity contribution in [3.63, 3.8) is 0 Å². The third kappa shape index (κ3) is 0.911. The van der Waals surface area contributed by atoms with Crippen LogP contribution in [0.4, 0.5) is 0 Å². The fourth-order valence-electron chi connectivity index (χ4n) is 2.00. The van der Waals surface area contributed by atoms with Crippen LogP contribution in [0.2, 0.25) is 0 Å². The van der Waals surface area contributed by atoms with Crippen molar-refractivity contribution in [3.8, 4) is 0 Å². The van der Waals surface area contributed by atoms with Crippen molar-refractivity contribution in [1.29, 1.82) is 0 Å². The molecular formula is C7H12S2. The zero-order valence-electron chi connectivity index (χ0n) is 5.47. The van der Waals surface area contributed by atoms with E-state index in [2.05, 4.69) is 11.7 Å². The van der Waals surface area contributed by atoms with Gasteiger partial charge in [-0.25, -0.2) is 0 Å². The molecule has 0 aliphatic heterocycles. The van der Waals surface area contributed by atoms with Crippen LogP contribution < -0.4 is 0 Å². The van der Waals surface area contributed by atoms with Gasteiger partial charge in [0.2, 0.25) is 0 Å². The van der Waals surface area contributed by atoms with E-state index in [1.165, 1.54) is 32.1 Å². The maximum absolute atomic E-state index is 4.31. The zero-order valence-corrected chi connectivity index (χ0v) is 7.18. The summed E-state index contributed by atoms with van der Waals surface area (Å²) in [6.45, 7) is 0. The molecule has 0 saturated heterocycles. The van der Waals surface area contributed by atoms with E-state index in [0.29, 0.717) is 4.75 Å². The van der Waals surface area contributed by atoms with Crippen LogP contribution in [0.15, 0.2) is 0 Å². The quantitative estimate of drug-likeness (QED) is 0.454. The summed E-state index contributed by atoms with van der Waals surface area (Å²) in [5, 5.41) is 0. The molecule has 0 amide bonds. The first kappa shape index (κ1) is 6.41. The van der Waals surface area contributed by atoms with Crippen molar-refractivity contribution in [1.82, 2.24) is 0 Å². The van der Waals surface area contributed by atoms with Gasteiger partial charge in [0.15, 0.2) is 0 Å². The van der Waals surface area contributed by atoms with Crippen molar-refractivity contribution in [3.05, 3.63) is 0 Å². The number of hydrogen-bond donors (Lipinski definition) is 1. The molecule has 2 heteroatoms. The van der Waals surface area contributed by atoms with Gasteiger partial charge < -0.3 is 0 Å². The van der Waals surface area contributed by atoms with Gasteiger partial charge in [0.05, 0.1) is 0 Å². The summed E-state index contributed by atoms with van der Waals surface area (Å²) in [6.07, 6.45) is 7.30. The van der Waals surface area contributed by atoms with Gasteiger partial charge in [0, 0.05) is 4.75 Å². The van der Waals surface area contributed by atoms with Crippen LogP contribution in [0.3, 0.4) is 0 Å². The zero-order chi connectivity index (χ0) is 6.32. The van der Waals surface area contributed by atoms with Crippen molar-refractivity contribution in [2.45, 2.75) is 36.9 Å². The van der Waals surface area contributed by atoms with Crippen LogP contribution in [0.1, 0.15) is 32.1 Å². The Morgan fingerprint density at radius 3 is 2.89 bits per heavy atom. The average Bonchev–Trinajstić information content (AvgIpc) is 2.62. The molecule has 2 fully saturated rings. The van der Waals surface area contributed by atoms with E-state index in [9.17, 15) is 0 Å². The highest BCUT2D eigenvalue weighted by atomic mass is 33.1. The molecule has 0 aromatic carbocycles. The number of thiol groups is 1. The summed E-state index contributed by atoms with van der Waals surface area (Å²) < 4.78 is 0.668. The minimum atomic E-state index is 0.668. The first-order valence-corrected chi connectivity index (χ1v) is 5.57. The fourth-order valence-corrected chi connectivity index (χ4v) is 3.72. The molecule has 9 heavy (non-hydrogen) atoms. The van der Waals surface area contributed by atoms with Crippen LogP contribution >= 0.6 is 22.5 Å². The van der Waals surface area contributed by atoms with Gasteiger partial charge in [-0.2, -0.15) is 0 Å². The van der Waals surface area contributed by atoms with Crippen molar-refractivity contribution >= 4 is 22.5 Å². The van der Waals surface area contributed by atoms with Crippen molar-refractivity contribution in [2.24, 2.45) is 5.92 Å². The largest absolute Gasteiger partial charge is 0.111 e. The highest BCUT2D eigenvalue weighted by Gasteiger charge is 2.54. The Bertz CT molecular complexity index is 124. The second-order valence-electron chi connectivity index (χ2n) is 3.30. The predicted molar refractivity (Wildman–Crippen MR) is 45.9 cm³/mol. The highest BCUT2D eigenvalue weighted by Crippen LogP contribution is 2.63. The lowest BCUT2D eigenvalue weighted by Crippen LogP contribution is -2.09. The molecule has 0 aromatic rings. The highest BCUT2D eigenvalue weighted by molar-refractivity contribution is 8.69. The van der Waals surface area contributed by atoms with Gasteiger partial charge in [-0.1, -0.05) is 23.6 Å². The summed E-state index contributed by atoms with van der Waals surface area (Å²) in [5.74, 6) is 1.05. The molecule has 0 radical (unpaired) electrons. The summed E-state index contributed by atoms with van der Waals surface area (Å²) in [7, 11) is 1.82. The standard InChI is InChI=1S/C7H12S2/c8-9-7-4-2-1-3-6(7)5-7/h6,8H,1-5H2. The molecule has 2 saturated carbocycles. The molecule has 2 rings (SSSR count).